The number of rotatable bonds is 5. The molecule has 2 aromatic rings. The summed E-state index contributed by atoms with van der Waals surface area (Å²) < 4.78 is 0. The highest BCUT2D eigenvalue weighted by molar-refractivity contribution is 5.92. The molecule has 1 aromatic carbocycles. The van der Waals surface area contributed by atoms with Crippen molar-refractivity contribution in [1.82, 2.24) is 20.2 Å². The highest BCUT2D eigenvalue weighted by Crippen LogP contribution is 2.14. The molecular formula is C20H27N5O. The number of aryl methyl sites for hydroxylation is 2. The van der Waals surface area contributed by atoms with Gasteiger partial charge in [-0.05, 0) is 37.6 Å². The van der Waals surface area contributed by atoms with Crippen LogP contribution in [0.3, 0.4) is 0 Å². The molecule has 0 unspecified atom stereocenters. The lowest BCUT2D eigenvalue weighted by atomic mass is 10.1. The number of benzene rings is 1. The quantitative estimate of drug-likeness (QED) is 0.893. The van der Waals surface area contributed by atoms with Gasteiger partial charge in [-0.15, -0.1) is 0 Å². The normalized spacial score (nSPS) is 15.1. The Kier molecular flexibility index (Phi) is 5.83. The molecule has 0 saturated carbocycles. The summed E-state index contributed by atoms with van der Waals surface area (Å²) in [6.45, 7) is 11.5. The summed E-state index contributed by atoms with van der Waals surface area (Å²) in [6.07, 6.45) is 0. The summed E-state index contributed by atoms with van der Waals surface area (Å²) in [5, 5.41) is 2.97. The van der Waals surface area contributed by atoms with Gasteiger partial charge >= 0.3 is 0 Å². The summed E-state index contributed by atoms with van der Waals surface area (Å²) in [6, 6.07) is 9.80. The Morgan fingerprint density at radius 2 is 1.85 bits per heavy atom. The number of hydrogen-bond donors (Lipinski definition) is 1. The van der Waals surface area contributed by atoms with Gasteiger partial charge in [-0.1, -0.05) is 31.2 Å². The van der Waals surface area contributed by atoms with Crippen LogP contribution < -0.4 is 10.2 Å². The largest absolute Gasteiger partial charge is 0.347 e. The minimum Gasteiger partial charge on any atom is -0.347 e. The molecule has 0 spiro atoms. The van der Waals surface area contributed by atoms with Crippen LogP contribution in [0.1, 0.15) is 34.2 Å². The Balaban J connectivity index is 1.69. The first-order chi connectivity index (χ1) is 12.6. The second-order valence-electron chi connectivity index (χ2n) is 6.73. The lowest BCUT2D eigenvalue weighted by Crippen LogP contribution is -2.47. The molecule has 1 aliphatic rings. The second-order valence-corrected chi connectivity index (χ2v) is 6.73. The van der Waals surface area contributed by atoms with Crippen molar-refractivity contribution in [2.45, 2.75) is 27.3 Å². The molecule has 0 bridgehead atoms. The monoisotopic (exact) mass is 353 g/mol. The number of aromatic nitrogens is 2. The number of piperazine rings is 1. The third kappa shape index (κ3) is 4.38. The summed E-state index contributed by atoms with van der Waals surface area (Å²) >= 11 is 0. The fourth-order valence-corrected chi connectivity index (χ4v) is 3.15. The predicted molar refractivity (Wildman–Crippen MR) is 103 cm³/mol. The van der Waals surface area contributed by atoms with Crippen LogP contribution in [0.15, 0.2) is 30.3 Å². The maximum atomic E-state index is 12.6. The third-order valence-corrected chi connectivity index (χ3v) is 4.88. The molecule has 2 heterocycles. The van der Waals surface area contributed by atoms with Crippen LogP contribution in [0.25, 0.3) is 0 Å². The Bertz CT molecular complexity index is 769. The molecule has 138 valence electrons. The Morgan fingerprint density at radius 1 is 1.12 bits per heavy atom. The van der Waals surface area contributed by atoms with E-state index >= 15 is 0 Å². The first-order valence-electron chi connectivity index (χ1n) is 9.22. The zero-order valence-corrected chi connectivity index (χ0v) is 15.8. The van der Waals surface area contributed by atoms with Crippen LogP contribution in [0.4, 0.5) is 5.95 Å². The average Bonchev–Trinajstić information content (AvgIpc) is 2.66. The molecule has 0 aliphatic carbocycles. The molecule has 1 fully saturated rings. The molecule has 26 heavy (non-hydrogen) atoms. The molecule has 1 N–H and O–H groups in total. The van der Waals surface area contributed by atoms with E-state index < -0.39 is 0 Å². The maximum Gasteiger partial charge on any atom is 0.270 e. The first-order valence-corrected chi connectivity index (χ1v) is 9.22. The number of amides is 1. The van der Waals surface area contributed by atoms with Crippen LogP contribution in [0.2, 0.25) is 0 Å². The highest BCUT2D eigenvalue weighted by atomic mass is 16.1. The number of likely N-dealkylation sites (N-methyl/N-ethyl adjacent to an activating group) is 1. The van der Waals surface area contributed by atoms with Gasteiger partial charge in [0.05, 0.1) is 0 Å². The van der Waals surface area contributed by atoms with Crippen molar-refractivity contribution in [2.75, 3.05) is 37.6 Å². The Labute approximate surface area is 155 Å². The summed E-state index contributed by atoms with van der Waals surface area (Å²) in [7, 11) is 0. The lowest BCUT2D eigenvalue weighted by Gasteiger charge is -2.34. The van der Waals surface area contributed by atoms with Gasteiger partial charge in [-0.2, -0.15) is 0 Å². The van der Waals surface area contributed by atoms with Crippen molar-refractivity contribution in [3.8, 4) is 0 Å². The zero-order valence-electron chi connectivity index (χ0n) is 15.8. The van der Waals surface area contributed by atoms with Crippen molar-refractivity contribution in [1.29, 1.82) is 0 Å². The smallest absolute Gasteiger partial charge is 0.270 e. The number of hydrogen-bond acceptors (Lipinski definition) is 5. The number of carbonyl (C=O) groups excluding carboxylic acids is 1. The van der Waals surface area contributed by atoms with Crippen molar-refractivity contribution in [3.63, 3.8) is 0 Å². The van der Waals surface area contributed by atoms with Gasteiger partial charge in [0.2, 0.25) is 5.95 Å². The first kappa shape index (κ1) is 18.3. The van der Waals surface area contributed by atoms with Crippen LogP contribution >= 0.6 is 0 Å². The summed E-state index contributed by atoms with van der Waals surface area (Å²) in [5.41, 5.74) is 3.52. The molecule has 3 rings (SSSR count). The standard InChI is InChI=1S/C20H27N5O/c1-4-24-9-11-25(12-10-24)20-22-16(3)13-18(23-20)19(26)21-14-17-8-6-5-7-15(17)2/h5-8,13H,4,9-12,14H2,1-3H3,(H,21,26). The Hall–Kier alpha value is -2.47. The maximum absolute atomic E-state index is 12.6. The molecule has 6 nitrogen and oxygen atoms in total. The van der Waals surface area contributed by atoms with Gasteiger partial charge in [0.15, 0.2) is 0 Å². The van der Waals surface area contributed by atoms with Gasteiger partial charge in [-0.3, -0.25) is 4.79 Å². The molecule has 6 heteroatoms. The van der Waals surface area contributed by atoms with E-state index in [-0.39, 0.29) is 5.91 Å². The predicted octanol–water partition coefficient (Wildman–Crippen LogP) is 2.17. The van der Waals surface area contributed by atoms with Crippen molar-refractivity contribution in [3.05, 3.63) is 52.8 Å². The molecule has 0 atom stereocenters. The van der Waals surface area contributed by atoms with E-state index in [1.165, 1.54) is 5.56 Å². The van der Waals surface area contributed by atoms with Crippen LogP contribution in [0.5, 0.6) is 0 Å². The fraction of sp³-hybridized carbons (Fsp3) is 0.450. The minimum absolute atomic E-state index is 0.160. The average molecular weight is 353 g/mol. The van der Waals surface area contributed by atoms with E-state index in [9.17, 15) is 4.79 Å². The van der Waals surface area contributed by atoms with Crippen molar-refractivity contribution in [2.24, 2.45) is 0 Å². The highest BCUT2D eigenvalue weighted by Gasteiger charge is 2.20. The topological polar surface area (TPSA) is 61.4 Å². The number of carbonyl (C=O) groups is 1. The number of anilines is 1. The molecule has 0 radical (unpaired) electrons. The van der Waals surface area contributed by atoms with E-state index in [1.807, 2.05) is 38.1 Å². The van der Waals surface area contributed by atoms with Gasteiger partial charge in [0.25, 0.3) is 5.91 Å². The van der Waals surface area contributed by atoms with E-state index in [0.717, 1.165) is 44.0 Å². The van der Waals surface area contributed by atoms with E-state index in [0.29, 0.717) is 18.2 Å². The Morgan fingerprint density at radius 3 is 2.54 bits per heavy atom. The van der Waals surface area contributed by atoms with Gasteiger partial charge in [0, 0.05) is 38.4 Å². The van der Waals surface area contributed by atoms with E-state index in [1.54, 1.807) is 6.07 Å². The van der Waals surface area contributed by atoms with Crippen molar-refractivity contribution >= 4 is 11.9 Å². The lowest BCUT2D eigenvalue weighted by molar-refractivity contribution is 0.0945. The van der Waals surface area contributed by atoms with Crippen LogP contribution in [-0.4, -0.2) is 53.5 Å². The van der Waals surface area contributed by atoms with Crippen LogP contribution in [0, 0.1) is 13.8 Å². The molecule has 1 amide bonds. The number of nitrogens with one attached hydrogen (secondary N) is 1. The molecule has 1 aliphatic heterocycles. The fourth-order valence-electron chi connectivity index (χ4n) is 3.15. The van der Waals surface area contributed by atoms with Crippen molar-refractivity contribution < 1.29 is 4.79 Å². The van der Waals surface area contributed by atoms with E-state index in [2.05, 4.69) is 32.0 Å². The van der Waals surface area contributed by atoms with Crippen LogP contribution in [-0.2, 0) is 6.54 Å². The molecular weight excluding hydrogens is 326 g/mol. The SMILES string of the molecule is CCN1CCN(c2nc(C)cc(C(=O)NCc3ccccc3C)n2)CC1. The summed E-state index contributed by atoms with van der Waals surface area (Å²) in [5.74, 6) is 0.494. The number of nitrogens with zero attached hydrogens (tertiary/aromatic N) is 4. The zero-order chi connectivity index (χ0) is 18.5. The molecule has 1 saturated heterocycles. The van der Waals surface area contributed by atoms with E-state index in [4.69, 9.17) is 0 Å². The van der Waals surface area contributed by atoms with Gasteiger partial charge < -0.3 is 15.1 Å². The minimum atomic E-state index is -0.160. The third-order valence-electron chi connectivity index (χ3n) is 4.88. The van der Waals surface area contributed by atoms with Gasteiger partial charge in [0.1, 0.15) is 5.69 Å². The van der Waals surface area contributed by atoms with Gasteiger partial charge in [-0.25, -0.2) is 9.97 Å². The second kappa shape index (κ2) is 8.27. The summed E-state index contributed by atoms with van der Waals surface area (Å²) in [4.78, 5) is 26.2. The molecule has 1 aromatic heterocycles.